The number of hydrogen-bond donors (Lipinski definition) is 2. The van der Waals surface area contributed by atoms with Crippen molar-refractivity contribution in [2.24, 2.45) is 0 Å². The van der Waals surface area contributed by atoms with Crippen LogP contribution in [0.4, 0.5) is 13.2 Å². The number of allylic oxidation sites excluding steroid dienone is 1. The van der Waals surface area contributed by atoms with Gasteiger partial charge in [0, 0.05) is 6.54 Å². The van der Waals surface area contributed by atoms with Gasteiger partial charge in [-0.1, -0.05) is 12.1 Å². The number of carbonyl (C=O) groups excluding carboxylic acids is 1. The molecule has 1 rings (SSSR count). The molecule has 0 fully saturated rings. The molecular weight excluding hydrogens is 273 g/mol. The second kappa shape index (κ2) is 6.10. The number of hydrogen-bond acceptors (Lipinski definition) is 3. The number of nitrogens with zero attached hydrogens (tertiary/aromatic N) is 1. The number of carbonyl (C=O) groups is 1. The van der Waals surface area contributed by atoms with Gasteiger partial charge in [0.2, 0.25) is 0 Å². The second-order valence-electron chi connectivity index (χ2n) is 3.95. The third kappa shape index (κ3) is 4.02. The first-order valence-electron chi connectivity index (χ1n) is 5.50. The van der Waals surface area contributed by atoms with E-state index in [-0.39, 0.29) is 6.54 Å². The molecule has 4 nitrogen and oxygen atoms in total. The summed E-state index contributed by atoms with van der Waals surface area (Å²) in [5.41, 5.74) is -0.771. The van der Waals surface area contributed by atoms with E-state index >= 15 is 0 Å². The Kier molecular flexibility index (Phi) is 4.75. The zero-order chi connectivity index (χ0) is 15.3. The van der Waals surface area contributed by atoms with Gasteiger partial charge in [0.15, 0.2) is 5.57 Å². The van der Waals surface area contributed by atoms with Crippen molar-refractivity contribution in [3.8, 4) is 6.07 Å². The smallest absolute Gasteiger partial charge is 0.416 e. The Morgan fingerprint density at radius 2 is 1.90 bits per heavy atom. The van der Waals surface area contributed by atoms with Crippen LogP contribution in [-0.4, -0.2) is 11.0 Å². The van der Waals surface area contributed by atoms with Gasteiger partial charge in [0.1, 0.15) is 11.8 Å². The first-order chi connectivity index (χ1) is 9.25. The first-order valence-corrected chi connectivity index (χ1v) is 5.50. The van der Waals surface area contributed by atoms with Gasteiger partial charge in [-0.05, 0) is 24.6 Å². The van der Waals surface area contributed by atoms with E-state index in [4.69, 9.17) is 10.4 Å². The number of benzene rings is 1. The summed E-state index contributed by atoms with van der Waals surface area (Å²) in [6.45, 7) is 1.14. The number of alkyl halides is 3. The Morgan fingerprint density at radius 1 is 1.35 bits per heavy atom. The van der Waals surface area contributed by atoms with Crippen LogP contribution in [0, 0.1) is 11.3 Å². The first kappa shape index (κ1) is 15.6. The van der Waals surface area contributed by atoms with Crippen LogP contribution >= 0.6 is 0 Å². The Balaban J connectivity index is 2.71. The number of nitriles is 1. The molecule has 0 aliphatic heterocycles. The molecule has 0 radical (unpaired) electrons. The zero-order valence-electron chi connectivity index (χ0n) is 10.5. The number of amides is 1. The van der Waals surface area contributed by atoms with Crippen LogP contribution in [0.1, 0.15) is 18.1 Å². The fraction of sp³-hybridized carbons (Fsp3) is 0.231. The highest BCUT2D eigenvalue weighted by atomic mass is 19.4. The molecule has 1 amide bonds. The average Bonchev–Trinajstić information content (AvgIpc) is 2.36. The van der Waals surface area contributed by atoms with Gasteiger partial charge in [0.25, 0.3) is 5.91 Å². The Labute approximate surface area is 113 Å². The molecule has 0 bridgehead atoms. The van der Waals surface area contributed by atoms with Crippen molar-refractivity contribution in [1.82, 2.24) is 5.32 Å². The summed E-state index contributed by atoms with van der Waals surface area (Å²) >= 11 is 0. The van der Waals surface area contributed by atoms with Gasteiger partial charge >= 0.3 is 6.18 Å². The van der Waals surface area contributed by atoms with E-state index in [0.717, 1.165) is 12.1 Å². The van der Waals surface area contributed by atoms with Gasteiger partial charge < -0.3 is 10.4 Å². The molecule has 0 aromatic heterocycles. The lowest BCUT2D eigenvalue weighted by Crippen LogP contribution is -2.24. The van der Waals surface area contributed by atoms with Crippen LogP contribution in [0.3, 0.4) is 0 Å². The molecule has 106 valence electrons. The molecule has 20 heavy (non-hydrogen) atoms. The summed E-state index contributed by atoms with van der Waals surface area (Å²) in [4.78, 5) is 11.5. The summed E-state index contributed by atoms with van der Waals surface area (Å²) in [7, 11) is 0. The summed E-state index contributed by atoms with van der Waals surface area (Å²) in [5, 5.41) is 20.0. The minimum absolute atomic E-state index is 0.0462. The topological polar surface area (TPSA) is 73.1 Å². The Hall–Kier alpha value is -2.49. The van der Waals surface area contributed by atoms with E-state index in [2.05, 4.69) is 5.32 Å². The van der Waals surface area contributed by atoms with Gasteiger partial charge in [0.05, 0.1) is 5.56 Å². The van der Waals surface area contributed by atoms with Crippen LogP contribution in [0.15, 0.2) is 35.6 Å². The Bertz CT molecular complexity index is 565. The summed E-state index contributed by atoms with van der Waals surface area (Å²) in [5.74, 6) is -1.20. The molecule has 1 aromatic rings. The fourth-order valence-electron chi connectivity index (χ4n) is 1.38. The molecule has 7 heteroatoms. The van der Waals surface area contributed by atoms with E-state index in [1.54, 1.807) is 0 Å². The SMILES string of the molecule is C/C(O)=C(\C#N)C(=O)NCc1ccc(C(F)(F)F)cc1. The average molecular weight is 284 g/mol. The van der Waals surface area contributed by atoms with Crippen molar-refractivity contribution in [2.45, 2.75) is 19.6 Å². The molecule has 0 atom stereocenters. The molecule has 1 aromatic carbocycles. The lowest BCUT2D eigenvalue weighted by Gasteiger charge is -2.08. The van der Waals surface area contributed by atoms with E-state index in [0.29, 0.717) is 5.56 Å². The molecule has 0 unspecified atom stereocenters. The molecule has 0 aliphatic rings. The molecular formula is C13H11F3N2O2. The lowest BCUT2D eigenvalue weighted by molar-refractivity contribution is -0.137. The van der Waals surface area contributed by atoms with Crippen molar-refractivity contribution in [2.75, 3.05) is 0 Å². The van der Waals surface area contributed by atoms with Gasteiger partial charge in [-0.2, -0.15) is 18.4 Å². The normalized spacial score (nSPS) is 12.3. The van der Waals surface area contributed by atoms with E-state index < -0.39 is 29.0 Å². The highest BCUT2D eigenvalue weighted by Gasteiger charge is 2.29. The van der Waals surface area contributed by atoms with Crippen molar-refractivity contribution >= 4 is 5.91 Å². The highest BCUT2D eigenvalue weighted by Crippen LogP contribution is 2.29. The molecule has 0 saturated heterocycles. The minimum Gasteiger partial charge on any atom is -0.511 e. The Morgan fingerprint density at radius 3 is 2.30 bits per heavy atom. The standard InChI is InChI=1S/C13H11F3N2O2/c1-8(19)11(6-17)12(20)18-7-9-2-4-10(5-3-9)13(14,15)16/h2-5,19H,7H2,1H3,(H,18,20)/b11-8-. The van der Waals surface area contributed by atoms with E-state index in [9.17, 15) is 18.0 Å². The number of halogens is 3. The minimum atomic E-state index is -4.41. The van der Waals surface area contributed by atoms with Crippen LogP contribution in [0.25, 0.3) is 0 Å². The van der Waals surface area contributed by atoms with Gasteiger partial charge in [-0.25, -0.2) is 0 Å². The molecule has 0 heterocycles. The van der Waals surface area contributed by atoms with Crippen molar-refractivity contribution in [3.05, 3.63) is 46.7 Å². The maximum absolute atomic E-state index is 12.3. The third-order valence-electron chi connectivity index (χ3n) is 2.44. The lowest BCUT2D eigenvalue weighted by atomic mass is 10.1. The molecule has 0 saturated carbocycles. The zero-order valence-corrected chi connectivity index (χ0v) is 10.5. The van der Waals surface area contributed by atoms with Crippen LogP contribution in [0.2, 0.25) is 0 Å². The van der Waals surface area contributed by atoms with Gasteiger partial charge in [-0.15, -0.1) is 0 Å². The second-order valence-corrected chi connectivity index (χ2v) is 3.95. The van der Waals surface area contributed by atoms with Crippen molar-refractivity contribution < 1.29 is 23.1 Å². The predicted octanol–water partition coefficient (Wildman–Crippen LogP) is 2.68. The van der Waals surface area contributed by atoms with E-state index in [1.165, 1.54) is 25.1 Å². The summed E-state index contributed by atoms with van der Waals surface area (Å²) in [6.07, 6.45) is -4.41. The van der Waals surface area contributed by atoms with Crippen molar-refractivity contribution in [3.63, 3.8) is 0 Å². The van der Waals surface area contributed by atoms with Crippen LogP contribution in [0.5, 0.6) is 0 Å². The van der Waals surface area contributed by atoms with E-state index in [1.807, 2.05) is 0 Å². The summed E-state index contributed by atoms with van der Waals surface area (Å²) < 4.78 is 37.0. The predicted molar refractivity (Wildman–Crippen MR) is 64.2 cm³/mol. The van der Waals surface area contributed by atoms with Crippen LogP contribution < -0.4 is 5.32 Å². The monoisotopic (exact) mass is 284 g/mol. The largest absolute Gasteiger partial charge is 0.511 e. The fourth-order valence-corrected chi connectivity index (χ4v) is 1.38. The van der Waals surface area contributed by atoms with Gasteiger partial charge in [-0.3, -0.25) is 4.79 Å². The third-order valence-corrected chi connectivity index (χ3v) is 2.44. The number of aliphatic hydroxyl groups excluding tert-OH is 1. The quantitative estimate of drug-likeness (QED) is 0.509. The summed E-state index contributed by atoms with van der Waals surface area (Å²) in [6, 6.07) is 5.79. The van der Waals surface area contributed by atoms with Crippen LogP contribution in [-0.2, 0) is 17.5 Å². The number of aliphatic hydroxyl groups is 1. The molecule has 2 N–H and O–H groups in total. The maximum Gasteiger partial charge on any atom is 0.416 e. The highest BCUT2D eigenvalue weighted by molar-refractivity contribution is 5.97. The van der Waals surface area contributed by atoms with Crippen molar-refractivity contribution in [1.29, 1.82) is 5.26 Å². The maximum atomic E-state index is 12.3. The molecule has 0 spiro atoms. The number of rotatable bonds is 3. The molecule has 0 aliphatic carbocycles. The number of nitrogens with one attached hydrogen (secondary N) is 1.